The number of aromatic nitrogens is 2. The number of rotatable bonds is 7. The summed E-state index contributed by atoms with van der Waals surface area (Å²) in [7, 11) is 1.61. The van der Waals surface area contributed by atoms with E-state index >= 15 is 0 Å². The Bertz CT molecular complexity index is 982. The molecule has 0 atom stereocenters. The maximum Gasteiger partial charge on any atom is 0.357 e. The third-order valence-corrected chi connectivity index (χ3v) is 4.82. The highest BCUT2D eigenvalue weighted by Gasteiger charge is 2.18. The number of ether oxygens (including phenoxy) is 2. The van der Waals surface area contributed by atoms with Crippen LogP contribution in [-0.4, -0.2) is 41.8 Å². The third-order valence-electron chi connectivity index (χ3n) is 3.82. The smallest absolute Gasteiger partial charge is 0.357 e. The average Bonchev–Trinajstić information content (AvgIpc) is 3.24. The first-order chi connectivity index (χ1) is 13.0. The van der Waals surface area contributed by atoms with Crippen LogP contribution in [0, 0.1) is 0 Å². The Morgan fingerprint density at radius 1 is 1.33 bits per heavy atom. The lowest BCUT2D eigenvalue weighted by Crippen LogP contribution is -2.18. The maximum absolute atomic E-state index is 12.8. The van der Waals surface area contributed by atoms with Crippen LogP contribution in [0.5, 0.6) is 0 Å². The predicted molar refractivity (Wildman–Crippen MR) is 105 cm³/mol. The van der Waals surface area contributed by atoms with E-state index in [1.54, 1.807) is 37.6 Å². The van der Waals surface area contributed by atoms with Crippen molar-refractivity contribution >= 4 is 50.8 Å². The number of esters is 1. The lowest BCUT2D eigenvalue weighted by Gasteiger charge is -2.09. The van der Waals surface area contributed by atoms with Crippen LogP contribution in [0.15, 0.2) is 29.6 Å². The summed E-state index contributed by atoms with van der Waals surface area (Å²) in [4.78, 5) is 28.6. The summed E-state index contributed by atoms with van der Waals surface area (Å²) in [5, 5.41) is 6.06. The van der Waals surface area contributed by atoms with E-state index in [-0.39, 0.29) is 18.2 Å². The fourth-order valence-corrected chi connectivity index (χ4v) is 3.50. The van der Waals surface area contributed by atoms with Gasteiger partial charge in [0.25, 0.3) is 5.91 Å². The van der Waals surface area contributed by atoms with E-state index < -0.39 is 5.97 Å². The fourth-order valence-electron chi connectivity index (χ4n) is 2.64. The molecule has 2 aromatic heterocycles. The van der Waals surface area contributed by atoms with Crippen LogP contribution in [0.25, 0.3) is 10.9 Å². The van der Waals surface area contributed by atoms with Crippen molar-refractivity contribution in [3.63, 3.8) is 0 Å². The molecule has 0 aliphatic heterocycles. The van der Waals surface area contributed by atoms with E-state index in [1.165, 1.54) is 0 Å². The molecule has 2 heterocycles. The van der Waals surface area contributed by atoms with Gasteiger partial charge in [-0.3, -0.25) is 10.1 Å². The minimum atomic E-state index is -0.516. The number of amides is 1. The number of carbonyl (C=O) groups excluding carboxylic acids is 2. The van der Waals surface area contributed by atoms with Crippen molar-refractivity contribution in [3.8, 4) is 0 Å². The molecule has 1 aromatic carbocycles. The van der Waals surface area contributed by atoms with Crippen molar-refractivity contribution in [1.29, 1.82) is 0 Å². The first-order valence-corrected chi connectivity index (χ1v) is 9.51. The molecular formula is C18H18ClN3O4S. The Kier molecular flexibility index (Phi) is 6.10. The monoisotopic (exact) mass is 407 g/mol. The number of hydrogen-bond acceptors (Lipinski definition) is 6. The number of nitrogens with zero attached hydrogens (tertiary/aromatic N) is 2. The molecule has 27 heavy (non-hydrogen) atoms. The van der Waals surface area contributed by atoms with E-state index in [1.807, 2.05) is 10.6 Å². The lowest BCUT2D eigenvalue weighted by molar-refractivity contribution is 0.0520. The van der Waals surface area contributed by atoms with Gasteiger partial charge < -0.3 is 14.0 Å². The van der Waals surface area contributed by atoms with Gasteiger partial charge in [-0.25, -0.2) is 9.78 Å². The predicted octanol–water partition coefficient (Wildman–Crippen LogP) is 3.83. The van der Waals surface area contributed by atoms with E-state index in [2.05, 4.69) is 10.3 Å². The van der Waals surface area contributed by atoms with Gasteiger partial charge in [-0.05, 0) is 31.2 Å². The second-order valence-corrected chi connectivity index (χ2v) is 6.88. The molecular weight excluding hydrogens is 390 g/mol. The molecule has 1 amide bonds. The molecule has 0 fully saturated rings. The van der Waals surface area contributed by atoms with Crippen molar-refractivity contribution in [2.24, 2.45) is 0 Å². The lowest BCUT2D eigenvalue weighted by atomic mass is 10.2. The molecule has 0 saturated carbocycles. The van der Waals surface area contributed by atoms with Gasteiger partial charge in [0.15, 0.2) is 10.8 Å². The number of halogens is 1. The minimum Gasteiger partial charge on any atom is -0.461 e. The van der Waals surface area contributed by atoms with Crippen LogP contribution in [0.1, 0.15) is 27.9 Å². The topological polar surface area (TPSA) is 82.5 Å². The standard InChI is InChI=1S/C18H18ClN3O4S/c1-3-26-17(24)13-10-27-18(20-13)21-16(23)15-9-11-8-12(19)4-5-14(11)22(15)6-7-25-2/h4-5,8-10H,3,6-7H2,1-2H3,(H,20,21,23). The zero-order valence-corrected chi connectivity index (χ0v) is 16.4. The second-order valence-electron chi connectivity index (χ2n) is 5.59. The number of thiazole rings is 1. The van der Waals surface area contributed by atoms with E-state index in [4.69, 9.17) is 21.1 Å². The Morgan fingerprint density at radius 2 is 2.15 bits per heavy atom. The zero-order valence-electron chi connectivity index (χ0n) is 14.8. The van der Waals surface area contributed by atoms with Crippen LogP contribution in [-0.2, 0) is 16.0 Å². The first kappa shape index (κ1) is 19.3. The highest BCUT2D eigenvalue weighted by atomic mass is 35.5. The summed E-state index contributed by atoms with van der Waals surface area (Å²) < 4.78 is 11.9. The largest absolute Gasteiger partial charge is 0.461 e. The molecule has 142 valence electrons. The van der Waals surface area contributed by atoms with Crippen LogP contribution in [0.3, 0.4) is 0 Å². The van der Waals surface area contributed by atoms with Crippen molar-refractivity contribution in [1.82, 2.24) is 9.55 Å². The molecule has 7 nitrogen and oxygen atoms in total. The highest BCUT2D eigenvalue weighted by molar-refractivity contribution is 7.14. The SMILES string of the molecule is CCOC(=O)c1csc(NC(=O)c2cc3cc(Cl)ccc3n2CCOC)n1. The number of hydrogen-bond donors (Lipinski definition) is 1. The van der Waals surface area contributed by atoms with Gasteiger partial charge in [0.2, 0.25) is 0 Å². The molecule has 0 radical (unpaired) electrons. The maximum atomic E-state index is 12.8. The Hall–Kier alpha value is -2.42. The summed E-state index contributed by atoms with van der Waals surface area (Å²) in [6, 6.07) is 7.22. The number of anilines is 1. The molecule has 0 unspecified atom stereocenters. The van der Waals surface area contributed by atoms with E-state index in [0.717, 1.165) is 22.2 Å². The molecule has 0 aliphatic carbocycles. The van der Waals surface area contributed by atoms with Crippen molar-refractivity contribution in [2.45, 2.75) is 13.5 Å². The highest BCUT2D eigenvalue weighted by Crippen LogP contribution is 2.25. The van der Waals surface area contributed by atoms with Gasteiger partial charge in [-0.2, -0.15) is 0 Å². The van der Waals surface area contributed by atoms with Gasteiger partial charge in [0.1, 0.15) is 5.69 Å². The van der Waals surface area contributed by atoms with Crippen molar-refractivity contribution in [3.05, 3.63) is 46.1 Å². The Labute approximate surface area is 164 Å². The van der Waals surface area contributed by atoms with Gasteiger partial charge in [-0.1, -0.05) is 11.6 Å². The fraction of sp³-hybridized carbons (Fsp3) is 0.278. The normalized spacial score (nSPS) is 10.9. The van der Waals surface area contributed by atoms with Crippen LogP contribution in [0.2, 0.25) is 5.02 Å². The Balaban J connectivity index is 1.87. The van der Waals surface area contributed by atoms with Crippen LogP contribution < -0.4 is 5.32 Å². The number of fused-ring (bicyclic) bond motifs is 1. The summed E-state index contributed by atoms with van der Waals surface area (Å²) in [5.74, 6) is -0.846. The van der Waals surface area contributed by atoms with Crippen LogP contribution in [0.4, 0.5) is 5.13 Å². The summed E-state index contributed by atoms with van der Waals surface area (Å²) in [6.07, 6.45) is 0. The van der Waals surface area contributed by atoms with Gasteiger partial charge in [-0.15, -0.1) is 11.3 Å². The molecule has 0 bridgehead atoms. The number of benzene rings is 1. The molecule has 3 aromatic rings. The number of carbonyl (C=O) groups is 2. The zero-order chi connectivity index (χ0) is 19.4. The average molecular weight is 408 g/mol. The van der Waals surface area contributed by atoms with Crippen molar-refractivity contribution in [2.75, 3.05) is 25.6 Å². The van der Waals surface area contributed by atoms with Gasteiger partial charge in [0, 0.05) is 35.0 Å². The van der Waals surface area contributed by atoms with Crippen LogP contribution >= 0.6 is 22.9 Å². The number of methoxy groups -OCH3 is 1. The third kappa shape index (κ3) is 4.29. The summed E-state index contributed by atoms with van der Waals surface area (Å²) in [6.45, 7) is 2.95. The van der Waals surface area contributed by atoms with Crippen molar-refractivity contribution < 1.29 is 19.1 Å². The second kappa shape index (κ2) is 8.51. The molecule has 0 aliphatic rings. The minimum absolute atomic E-state index is 0.170. The molecule has 9 heteroatoms. The van der Waals surface area contributed by atoms with Gasteiger partial charge in [0.05, 0.1) is 13.2 Å². The number of nitrogens with one attached hydrogen (secondary N) is 1. The van der Waals surface area contributed by atoms with Gasteiger partial charge >= 0.3 is 5.97 Å². The molecule has 0 saturated heterocycles. The Morgan fingerprint density at radius 3 is 2.89 bits per heavy atom. The molecule has 3 rings (SSSR count). The molecule has 1 N–H and O–H groups in total. The molecule has 0 spiro atoms. The quantitative estimate of drug-likeness (QED) is 0.602. The first-order valence-electron chi connectivity index (χ1n) is 8.25. The van der Waals surface area contributed by atoms with E-state index in [0.29, 0.717) is 29.0 Å². The summed E-state index contributed by atoms with van der Waals surface area (Å²) >= 11 is 7.23. The van der Waals surface area contributed by atoms with E-state index in [9.17, 15) is 9.59 Å². The summed E-state index contributed by atoms with van der Waals surface area (Å²) in [5.41, 5.74) is 1.51.